The van der Waals surface area contributed by atoms with Crippen molar-refractivity contribution in [3.63, 3.8) is 0 Å². The molecule has 1 atom stereocenters. The van der Waals surface area contributed by atoms with Crippen molar-refractivity contribution in [1.29, 1.82) is 0 Å². The van der Waals surface area contributed by atoms with Crippen LogP contribution in [0.3, 0.4) is 0 Å². The third-order valence-corrected chi connectivity index (χ3v) is 4.31. The van der Waals surface area contributed by atoms with E-state index >= 15 is 0 Å². The highest BCUT2D eigenvalue weighted by atomic mass is 16.5. The molecule has 1 aromatic carbocycles. The Morgan fingerprint density at radius 3 is 2.84 bits per heavy atom. The molecule has 1 aromatic rings. The molecule has 2 aliphatic rings. The first-order valence-corrected chi connectivity index (χ1v) is 8.57. The highest BCUT2D eigenvalue weighted by Crippen LogP contribution is 2.16. The lowest BCUT2D eigenvalue weighted by molar-refractivity contribution is -0.130. The first-order chi connectivity index (χ1) is 12.1. The molecule has 2 amide bonds. The lowest BCUT2D eigenvalue weighted by Gasteiger charge is -2.18. The molecule has 0 saturated carbocycles. The smallest absolute Gasteiger partial charge is 0.267 e. The minimum absolute atomic E-state index is 0.0739. The number of benzene rings is 1. The molecule has 1 saturated heterocycles. The van der Waals surface area contributed by atoms with Gasteiger partial charge in [0, 0.05) is 33.0 Å². The topological polar surface area (TPSA) is 80.2 Å². The van der Waals surface area contributed by atoms with E-state index in [1.165, 1.54) is 5.01 Å². The van der Waals surface area contributed by atoms with Gasteiger partial charge >= 0.3 is 0 Å². The number of rotatable bonds is 6. The molecule has 1 N–H and O–H groups in total. The number of amides is 2. The van der Waals surface area contributed by atoms with Gasteiger partial charge in [-0.05, 0) is 30.5 Å². The monoisotopic (exact) mass is 345 g/mol. The van der Waals surface area contributed by atoms with Gasteiger partial charge < -0.3 is 14.8 Å². The van der Waals surface area contributed by atoms with Crippen LogP contribution in [0.2, 0.25) is 0 Å². The molecular weight excluding hydrogens is 322 g/mol. The van der Waals surface area contributed by atoms with Crippen LogP contribution in [0.15, 0.2) is 29.4 Å². The summed E-state index contributed by atoms with van der Waals surface area (Å²) in [6.45, 7) is 1.80. The van der Waals surface area contributed by atoms with Crippen LogP contribution in [0.1, 0.15) is 31.2 Å². The molecule has 3 rings (SSSR count). The van der Waals surface area contributed by atoms with Gasteiger partial charge in [-0.15, -0.1) is 0 Å². The van der Waals surface area contributed by atoms with Gasteiger partial charge in [0.1, 0.15) is 18.1 Å². The van der Waals surface area contributed by atoms with Gasteiger partial charge in [-0.3, -0.25) is 9.59 Å². The second-order valence-corrected chi connectivity index (χ2v) is 6.24. The summed E-state index contributed by atoms with van der Waals surface area (Å²) in [7, 11) is 1.56. The van der Waals surface area contributed by atoms with Crippen molar-refractivity contribution in [2.24, 2.45) is 5.10 Å². The third-order valence-electron chi connectivity index (χ3n) is 4.31. The summed E-state index contributed by atoms with van der Waals surface area (Å²) >= 11 is 0. The number of carbonyl (C=O) groups is 2. The average Bonchev–Trinajstić information content (AvgIpc) is 3.14. The van der Waals surface area contributed by atoms with Crippen LogP contribution in [0.5, 0.6) is 5.75 Å². The van der Waals surface area contributed by atoms with Gasteiger partial charge in [-0.25, -0.2) is 5.01 Å². The normalized spacial score (nSPS) is 20.4. The standard InChI is InChI=1S/C18H23N3O4/c1-21-17(22)9-8-16(20-21)18(23)19-11-13-4-6-14(7-5-13)25-12-15-3-2-10-24-15/h4-7,15H,2-3,8-12H2,1H3,(H,19,23)/t15-/m1/s1. The first-order valence-electron chi connectivity index (χ1n) is 8.57. The second kappa shape index (κ2) is 8.11. The second-order valence-electron chi connectivity index (χ2n) is 6.24. The number of hydrogen-bond donors (Lipinski definition) is 1. The molecule has 0 radical (unpaired) electrons. The summed E-state index contributed by atoms with van der Waals surface area (Å²) in [6.07, 6.45) is 3.04. The number of ether oxygens (including phenoxy) is 2. The maximum absolute atomic E-state index is 12.1. The zero-order valence-corrected chi connectivity index (χ0v) is 14.4. The predicted molar refractivity (Wildman–Crippen MR) is 92.2 cm³/mol. The molecule has 134 valence electrons. The van der Waals surface area contributed by atoms with Crippen molar-refractivity contribution in [3.8, 4) is 5.75 Å². The van der Waals surface area contributed by atoms with Crippen molar-refractivity contribution >= 4 is 17.5 Å². The molecule has 7 heteroatoms. The average molecular weight is 345 g/mol. The van der Waals surface area contributed by atoms with Gasteiger partial charge in [-0.2, -0.15) is 5.10 Å². The molecule has 0 spiro atoms. The highest BCUT2D eigenvalue weighted by Gasteiger charge is 2.21. The first kappa shape index (κ1) is 17.4. The van der Waals surface area contributed by atoms with Crippen molar-refractivity contribution in [1.82, 2.24) is 10.3 Å². The Bertz CT molecular complexity index is 651. The van der Waals surface area contributed by atoms with E-state index in [0.717, 1.165) is 30.8 Å². The molecule has 1 fully saturated rings. The summed E-state index contributed by atoms with van der Waals surface area (Å²) in [6, 6.07) is 7.62. The van der Waals surface area contributed by atoms with Crippen LogP contribution >= 0.6 is 0 Å². The quantitative estimate of drug-likeness (QED) is 0.847. The lowest BCUT2D eigenvalue weighted by Crippen LogP contribution is -2.37. The summed E-state index contributed by atoms with van der Waals surface area (Å²) in [5.74, 6) is 0.482. The highest BCUT2D eigenvalue weighted by molar-refractivity contribution is 6.39. The number of hydrogen-bond acceptors (Lipinski definition) is 5. The number of hydrazone groups is 1. The fourth-order valence-corrected chi connectivity index (χ4v) is 2.79. The van der Waals surface area contributed by atoms with Crippen LogP contribution in [-0.4, -0.2) is 48.9 Å². The Hall–Kier alpha value is -2.41. The Morgan fingerprint density at radius 1 is 1.36 bits per heavy atom. The largest absolute Gasteiger partial charge is 0.491 e. The van der Waals surface area contributed by atoms with Crippen LogP contribution < -0.4 is 10.1 Å². The lowest BCUT2D eigenvalue weighted by atomic mass is 10.1. The van der Waals surface area contributed by atoms with Gasteiger partial charge in [0.25, 0.3) is 5.91 Å². The van der Waals surface area contributed by atoms with E-state index in [1.54, 1.807) is 7.05 Å². The minimum Gasteiger partial charge on any atom is -0.491 e. The van der Waals surface area contributed by atoms with E-state index in [9.17, 15) is 9.59 Å². The summed E-state index contributed by atoms with van der Waals surface area (Å²) in [5, 5.41) is 8.06. The molecule has 7 nitrogen and oxygen atoms in total. The number of carbonyl (C=O) groups excluding carboxylic acids is 2. The van der Waals surface area contributed by atoms with Gasteiger partial charge in [-0.1, -0.05) is 12.1 Å². The molecule has 0 unspecified atom stereocenters. The zero-order chi connectivity index (χ0) is 17.6. The fourth-order valence-electron chi connectivity index (χ4n) is 2.79. The predicted octanol–water partition coefficient (Wildman–Crippen LogP) is 1.47. The van der Waals surface area contributed by atoms with Crippen molar-refractivity contribution in [2.75, 3.05) is 20.3 Å². The van der Waals surface area contributed by atoms with Crippen LogP contribution in [-0.2, 0) is 20.9 Å². The molecule has 0 aliphatic carbocycles. The summed E-state index contributed by atoms with van der Waals surface area (Å²) < 4.78 is 11.2. The van der Waals surface area contributed by atoms with Gasteiger partial charge in [0.2, 0.25) is 5.91 Å². The van der Waals surface area contributed by atoms with E-state index in [0.29, 0.717) is 31.7 Å². The Labute approximate surface area is 147 Å². The van der Waals surface area contributed by atoms with Crippen molar-refractivity contribution in [3.05, 3.63) is 29.8 Å². The molecular formula is C18H23N3O4. The number of nitrogens with one attached hydrogen (secondary N) is 1. The van der Waals surface area contributed by atoms with E-state index in [1.807, 2.05) is 24.3 Å². The van der Waals surface area contributed by atoms with E-state index in [2.05, 4.69) is 10.4 Å². The van der Waals surface area contributed by atoms with Gasteiger partial charge in [0.05, 0.1) is 6.10 Å². The van der Waals surface area contributed by atoms with E-state index in [4.69, 9.17) is 9.47 Å². The van der Waals surface area contributed by atoms with Crippen molar-refractivity contribution < 1.29 is 19.1 Å². The summed E-state index contributed by atoms with van der Waals surface area (Å²) in [4.78, 5) is 23.5. The maximum atomic E-state index is 12.1. The zero-order valence-electron chi connectivity index (χ0n) is 14.4. The Kier molecular flexibility index (Phi) is 5.65. The Balaban J connectivity index is 1.45. The van der Waals surface area contributed by atoms with Crippen LogP contribution in [0, 0.1) is 0 Å². The third kappa shape index (κ3) is 4.79. The van der Waals surface area contributed by atoms with Crippen LogP contribution in [0.25, 0.3) is 0 Å². The molecule has 0 bridgehead atoms. The Morgan fingerprint density at radius 2 is 2.16 bits per heavy atom. The minimum atomic E-state index is -0.238. The van der Waals surface area contributed by atoms with Crippen molar-refractivity contribution in [2.45, 2.75) is 38.3 Å². The number of nitrogens with zero attached hydrogens (tertiary/aromatic N) is 2. The molecule has 2 heterocycles. The van der Waals surface area contributed by atoms with Crippen LogP contribution in [0.4, 0.5) is 0 Å². The summed E-state index contributed by atoms with van der Waals surface area (Å²) in [5.41, 5.74) is 1.36. The van der Waals surface area contributed by atoms with E-state index in [-0.39, 0.29) is 17.9 Å². The SMILES string of the molecule is CN1N=C(C(=O)NCc2ccc(OC[C@H]3CCCO3)cc2)CCC1=O. The molecule has 2 aliphatic heterocycles. The van der Waals surface area contributed by atoms with Gasteiger partial charge in [0.15, 0.2) is 0 Å². The van der Waals surface area contributed by atoms with E-state index < -0.39 is 0 Å². The maximum Gasteiger partial charge on any atom is 0.267 e. The molecule has 0 aromatic heterocycles. The fraction of sp³-hybridized carbons (Fsp3) is 0.500. The molecule has 25 heavy (non-hydrogen) atoms.